The molecule has 0 saturated carbocycles. The normalized spacial score (nSPS) is 10.9. The fourth-order valence-corrected chi connectivity index (χ4v) is 2.78. The molecule has 3 heteroatoms. The van der Waals surface area contributed by atoms with Gasteiger partial charge in [0.15, 0.2) is 0 Å². The van der Waals surface area contributed by atoms with Crippen molar-refractivity contribution in [1.29, 1.82) is 0 Å². The molecule has 0 aromatic heterocycles. The van der Waals surface area contributed by atoms with Gasteiger partial charge in [-0.1, -0.05) is 84.0 Å². The monoisotopic (exact) mass is 344 g/mol. The Kier molecular flexibility index (Phi) is 25.9. The van der Waals surface area contributed by atoms with Gasteiger partial charge in [-0.2, -0.15) is 0 Å². The summed E-state index contributed by atoms with van der Waals surface area (Å²) in [5.41, 5.74) is 0. The first-order valence-electron chi connectivity index (χ1n) is 9.36. The second-order valence-corrected chi connectivity index (χ2v) is 7.61. The predicted molar refractivity (Wildman–Crippen MR) is 102 cm³/mol. The SMILES string of the molecule is CCCCCCCCCCCCCCCC[N+](C)(C)C.Cl.[H-].[Na+]. The van der Waals surface area contributed by atoms with Crippen LogP contribution in [0.15, 0.2) is 0 Å². The first-order valence-corrected chi connectivity index (χ1v) is 9.36. The summed E-state index contributed by atoms with van der Waals surface area (Å²) in [7, 11) is 6.88. The number of halogens is 1. The molecule has 0 aromatic rings. The van der Waals surface area contributed by atoms with Crippen molar-refractivity contribution in [2.45, 2.75) is 96.8 Å². The van der Waals surface area contributed by atoms with E-state index in [0.717, 1.165) is 4.48 Å². The van der Waals surface area contributed by atoms with Gasteiger partial charge in [0.05, 0.1) is 27.7 Å². The van der Waals surface area contributed by atoms with E-state index < -0.39 is 0 Å². The molecule has 0 aliphatic heterocycles. The molecule has 0 aliphatic rings. The van der Waals surface area contributed by atoms with Crippen LogP contribution in [-0.4, -0.2) is 32.2 Å². The average molecular weight is 345 g/mol. The van der Waals surface area contributed by atoms with Crippen molar-refractivity contribution in [3.63, 3.8) is 0 Å². The summed E-state index contributed by atoms with van der Waals surface area (Å²) in [5, 5.41) is 0. The van der Waals surface area contributed by atoms with E-state index in [4.69, 9.17) is 0 Å². The van der Waals surface area contributed by atoms with Crippen molar-refractivity contribution in [1.82, 2.24) is 0 Å². The summed E-state index contributed by atoms with van der Waals surface area (Å²) in [6.45, 7) is 3.63. The van der Waals surface area contributed by atoms with Gasteiger partial charge in [0.1, 0.15) is 0 Å². The number of quaternary nitrogens is 1. The van der Waals surface area contributed by atoms with Gasteiger partial charge in [-0.05, 0) is 12.8 Å². The van der Waals surface area contributed by atoms with Crippen LogP contribution in [0.5, 0.6) is 0 Å². The number of unbranched alkanes of at least 4 members (excludes halogenated alkanes) is 13. The maximum Gasteiger partial charge on any atom is 1.00 e. The Morgan fingerprint density at radius 1 is 0.545 bits per heavy atom. The summed E-state index contributed by atoms with van der Waals surface area (Å²) in [6.07, 6.45) is 20.4. The summed E-state index contributed by atoms with van der Waals surface area (Å²) >= 11 is 0. The Labute approximate surface area is 171 Å². The summed E-state index contributed by atoms with van der Waals surface area (Å²) in [6, 6.07) is 0. The molecule has 22 heavy (non-hydrogen) atoms. The quantitative estimate of drug-likeness (QED) is 0.241. The second kappa shape index (κ2) is 20.3. The molecule has 132 valence electrons. The van der Waals surface area contributed by atoms with Gasteiger partial charge in [-0.3, -0.25) is 0 Å². The topological polar surface area (TPSA) is 0 Å². The largest absolute Gasteiger partial charge is 1.00 e. The summed E-state index contributed by atoms with van der Waals surface area (Å²) in [4.78, 5) is 0. The molecule has 0 saturated heterocycles. The third-order valence-electron chi connectivity index (χ3n) is 4.18. The molecule has 0 radical (unpaired) electrons. The van der Waals surface area contributed by atoms with Crippen molar-refractivity contribution < 1.29 is 35.5 Å². The number of nitrogens with zero attached hydrogens (tertiary/aromatic N) is 1. The zero-order valence-corrected chi connectivity index (χ0v) is 19.3. The maximum absolute atomic E-state index is 2.29. The summed E-state index contributed by atoms with van der Waals surface area (Å²) in [5.74, 6) is 0. The first-order chi connectivity index (χ1) is 9.56. The molecule has 0 bridgehead atoms. The maximum atomic E-state index is 2.29. The first kappa shape index (κ1) is 28.1. The van der Waals surface area contributed by atoms with Gasteiger partial charge in [-0.15, -0.1) is 12.4 Å². The van der Waals surface area contributed by atoms with Crippen molar-refractivity contribution in [2.24, 2.45) is 0 Å². The molecule has 0 unspecified atom stereocenters. The zero-order chi connectivity index (χ0) is 15.1. The van der Waals surface area contributed by atoms with Crippen LogP contribution >= 0.6 is 12.4 Å². The fourth-order valence-electron chi connectivity index (χ4n) is 2.78. The third kappa shape index (κ3) is 26.2. The standard InChI is InChI=1S/C19H42N.ClH.Na.H/c1-5-6-7-8-9-10-11-12-13-14-15-16-17-18-19-20(2,3)4;;;/h5-19H2,1-4H3;1H;;/q+1;;+1;-1. The van der Waals surface area contributed by atoms with E-state index in [0.29, 0.717) is 0 Å². The molecule has 0 amide bonds. The molecular formula is C19H44ClNNa+. The van der Waals surface area contributed by atoms with Crippen LogP contribution in [0, 0.1) is 0 Å². The Balaban J connectivity index is -0.000000602. The Morgan fingerprint density at radius 2 is 0.818 bits per heavy atom. The van der Waals surface area contributed by atoms with Crippen molar-refractivity contribution in [2.75, 3.05) is 27.7 Å². The average Bonchev–Trinajstić information content (AvgIpc) is 2.38. The van der Waals surface area contributed by atoms with Crippen LogP contribution in [-0.2, 0) is 0 Å². The smallest absolute Gasteiger partial charge is 1.00 e. The van der Waals surface area contributed by atoms with Crippen molar-refractivity contribution in [3.05, 3.63) is 0 Å². The number of hydrogen-bond acceptors (Lipinski definition) is 0. The minimum atomic E-state index is 0. The van der Waals surface area contributed by atoms with E-state index in [1.54, 1.807) is 0 Å². The van der Waals surface area contributed by atoms with Gasteiger partial charge in [0, 0.05) is 0 Å². The Bertz CT molecular complexity index is 198. The van der Waals surface area contributed by atoms with Crippen molar-refractivity contribution >= 4 is 12.4 Å². The van der Waals surface area contributed by atoms with E-state index >= 15 is 0 Å². The minimum Gasteiger partial charge on any atom is -1.00 e. The van der Waals surface area contributed by atoms with Crippen LogP contribution in [0.3, 0.4) is 0 Å². The van der Waals surface area contributed by atoms with Crippen LogP contribution < -0.4 is 29.6 Å². The third-order valence-corrected chi connectivity index (χ3v) is 4.18. The molecule has 0 heterocycles. The number of hydrogen-bond donors (Lipinski definition) is 0. The molecule has 0 rings (SSSR count). The zero-order valence-electron chi connectivity index (χ0n) is 17.5. The van der Waals surface area contributed by atoms with Gasteiger partial charge >= 0.3 is 29.6 Å². The van der Waals surface area contributed by atoms with Gasteiger partial charge in [0.2, 0.25) is 0 Å². The fraction of sp³-hybridized carbons (Fsp3) is 1.00. The molecule has 0 fully saturated rings. The number of rotatable bonds is 15. The Morgan fingerprint density at radius 3 is 1.09 bits per heavy atom. The van der Waals surface area contributed by atoms with E-state index in [2.05, 4.69) is 28.1 Å². The molecule has 0 aliphatic carbocycles. The van der Waals surface area contributed by atoms with Crippen LogP contribution in [0.2, 0.25) is 0 Å². The molecule has 0 spiro atoms. The minimum absolute atomic E-state index is 0. The van der Waals surface area contributed by atoms with Crippen LogP contribution in [0.1, 0.15) is 98.2 Å². The predicted octanol–water partition coefficient (Wildman–Crippen LogP) is 3.71. The molecule has 0 aromatic carbocycles. The summed E-state index contributed by atoms with van der Waals surface area (Å²) < 4.78 is 1.12. The molecule has 0 N–H and O–H groups in total. The van der Waals surface area contributed by atoms with Crippen LogP contribution in [0.25, 0.3) is 0 Å². The van der Waals surface area contributed by atoms with E-state index in [9.17, 15) is 0 Å². The second-order valence-electron chi connectivity index (χ2n) is 7.61. The Hall–Kier alpha value is 1.25. The van der Waals surface area contributed by atoms with Crippen LogP contribution in [0.4, 0.5) is 0 Å². The van der Waals surface area contributed by atoms with Crippen molar-refractivity contribution in [3.8, 4) is 0 Å². The molecular weight excluding hydrogens is 301 g/mol. The van der Waals surface area contributed by atoms with E-state index in [1.807, 2.05) is 0 Å². The molecule has 1 nitrogen and oxygen atoms in total. The van der Waals surface area contributed by atoms with Gasteiger partial charge in [0.25, 0.3) is 0 Å². The van der Waals surface area contributed by atoms with Gasteiger partial charge in [-0.25, -0.2) is 0 Å². The van der Waals surface area contributed by atoms with Gasteiger partial charge < -0.3 is 5.91 Å². The molecule has 0 atom stereocenters. The van der Waals surface area contributed by atoms with E-state index in [1.165, 1.54) is 96.4 Å². The van der Waals surface area contributed by atoms with E-state index in [-0.39, 0.29) is 43.4 Å².